The number of nitrogens with zero attached hydrogens (tertiary/aromatic N) is 4. The molecule has 1 aromatic heterocycles. The molecule has 1 unspecified atom stereocenters. The molecule has 1 atom stereocenters. The van der Waals surface area contributed by atoms with Gasteiger partial charge in [0.05, 0.1) is 27.0 Å². The lowest BCUT2D eigenvalue weighted by atomic mass is 10.1. The van der Waals surface area contributed by atoms with Gasteiger partial charge in [-0.05, 0) is 84.4 Å². The number of aryl methyl sites for hydroxylation is 3. The Morgan fingerprint density at radius 3 is 2.28 bits per heavy atom. The Morgan fingerprint density at radius 1 is 0.931 bits per heavy atom. The van der Waals surface area contributed by atoms with Crippen LogP contribution in [0.15, 0.2) is 30.3 Å². The number of aromatic nitrogens is 4. The highest BCUT2D eigenvalue weighted by atomic mass is 32.1. The molecule has 3 rings (SSSR count). The van der Waals surface area contributed by atoms with Crippen LogP contribution < -0.4 is 14.4 Å². The monoisotopic (exact) mass is 414 g/mol. The normalized spacial score (nSPS) is 12.1. The highest BCUT2D eigenvalue weighted by Crippen LogP contribution is 2.29. The van der Waals surface area contributed by atoms with Gasteiger partial charge in [-0.1, -0.05) is 6.07 Å². The van der Waals surface area contributed by atoms with Crippen LogP contribution in [-0.2, 0) is 13.2 Å². The lowest BCUT2D eigenvalue weighted by Gasteiger charge is -2.17. The fourth-order valence-electron chi connectivity index (χ4n) is 3.24. The van der Waals surface area contributed by atoms with Crippen LogP contribution in [-0.4, -0.2) is 41.1 Å². The molecule has 0 bridgehead atoms. The first kappa shape index (κ1) is 21.0. The van der Waals surface area contributed by atoms with Crippen LogP contribution in [0.3, 0.4) is 0 Å². The van der Waals surface area contributed by atoms with Gasteiger partial charge in [-0.3, -0.25) is 0 Å². The first-order valence-electron chi connectivity index (χ1n) is 9.47. The zero-order valence-corrected chi connectivity index (χ0v) is 18.6. The highest BCUT2D eigenvalue weighted by molar-refractivity contribution is 7.71. The molecule has 0 saturated heterocycles. The maximum Gasteiger partial charge on any atom is 0.225 e. The number of tetrazole rings is 1. The van der Waals surface area contributed by atoms with E-state index in [9.17, 15) is 0 Å². The molecule has 1 heterocycles. The molecule has 0 aliphatic carbocycles. The summed E-state index contributed by atoms with van der Waals surface area (Å²) < 4.78 is 14.9. The van der Waals surface area contributed by atoms with Gasteiger partial charge >= 0.3 is 0 Å². The number of quaternary nitrogens is 1. The Hall–Kier alpha value is -2.71. The number of ether oxygens (including phenoxy) is 2. The SMILES string of the molecule is COc1cc(C)c(C[NH+](C)Cn2nnn(-c3ccc(C)c(C)c3)c2=S)cc1OC. The summed E-state index contributed by atoms with van der Waals surface area (Å²) in [6.07, 6.45) is 0. The zero-order valence-electron chi connectivity index (χ0n) is 17.8. The number of benzene rings is 2. The van der Waals surface area contributed by atoms with Gasteiger partial charge in [0.15, 0.2) is 18.2 Å². The fraction of sp³-hybridized carbons (Fsp3) is 0.381. The lowest BCUT2D eigenvalue weighted by Crippen LogP contribution is -3.07. The van der Waals surface area contributed by atoms with E-state index >= 15 is 0 Å². The topological polar surface area (TPSA) is 58.5 Å². The maximum absolute atomic E-state index is 5.62. The molecule has 0 aliphatic heterocycles. The van der Waals surface area contributed by atoms with E-state index in [1.807, 2.05) is 18.2 Å². The minimum atomic E-state index is 0.580. The summed E-state index contributed by atoms with van der Waals surface area (Å²) in [5.74, 6) is 1.48. The van der Waals surface area contributed by atoms with Crippen molar-refractivity contribution in [3.05, 3.63) is 57.4 Å². The molecular formula is C21H28N5O2S+. The van der Waals surface area contributed by atoms with Crippen molar-refractivity contribution in [3.8, 4) is 17.2 Å². The number of nitrogens with one attached hydrogen (secondary N) is 1. The summed E-state index contributed by atoms with van der Waals surface area (Å²) in [5.41, 5.74) is 5.71. The van der Waals surface area contributed by atoms with Gasteiger partial charge in [-0.2, -0.15) is 9.36 Å². The molecule has 29 heavy (non-hydrogen) atoms. The van der Waals surface area contributed by atoms with Gasteiger partial charge in [-0.15, -0.1) is 0 Å². The van der Waals surface area contributed by atoms with Crippen LogP contribution in [0.5, 0.6) is 11.5 Å². The van der Waals surface area contributed by atoms with Gasteiger partial charge < -0.3 is 14.4 Å². The molecule has 8 heteroatoms. The third-order valence-corrected chi connectivity index (χ3v) is 5.51. The number of rotatable bonds is 7. The van der Waals surface area contributed by atoms with Crippen molar-refractivity contribution in [1.82, 2.24) is 19.8 Å². The molecular weight excluding hydrogens is 386 g/mol. The summed E-state index contributed by atoms with van der Waals surface area (Å²) >= 11 is 5.62. The zero-order chi connectivity index (χ0) is 21.1. The van der Waals surface area contributed by atoms with E-state index in [1.54, 1.807) is 23.6 Å². The molecule has 0 fully saturated rings. The Bertz CT molecular complexity index is 1070. The Kier molecular flexibility index (Phi) is 6.34. The van der Waals surface area contributed by atoms with E-state index in [2.05, 4.69) is 50.4 Å². The smallest absolute Gasteiger partial charge is 0.225 e. The van der Waals surface area contributed by atoms with Crippen molar-refractivity contribution in [1.29, 1.82) is 0 Å². The van der Waals surface area contributed by atoms with Crippen molar-refractivity contribution in [2.24, 2.45) is 0 Å². The average molecular weight is 415 g/mol. The molecule has 154 valence electrons. The van der Waals surface area contributed by atoms with Crippen molar-refractivity contribution in [2.45, 2.75) is 34.0 Å². The van der Waals surface area contributed by atoms with E-state index in [0.29, 0.717) is 11.4 Å². The predicted octanol–water partition coefficient (Wildman–Crippen LogP) is 2.41. The number of hydrogen-bond donors (Lipinski definition) is 1. The van der Waals surface area contributed by atoms with Gasteiger partial charge in [0.2, 0.25) is 4.77 Å². The quantitative estimate of drug-likeness (QED) is 0.602. The van der Waals surface area contributed by atoms with E-state index in [0.717, 1.165) is 29.3 Å². The fourth-order valence-corrected chi connectivity index (χ4v) is 3.49. The van der Waals surface area contributed by atoms with Crippen LogP contribution >= 0.6 is 12.2 Å². The van der Waals surface area contributed by atoms with Crippen molar-refractivity contribution < 1.29 is 14.4 Å². The molecule has 0 aliphatic rings. The van der Waals surface area contributed by atoms with E-state index in [4.69, 9.17) is 21.7 Å². The van der Waals surface area contributed by atoms with E-state index < -0.39 is 0 Å². The lowest BCUT2D eigenvalue weighted by molar-refractivity contribution is -0.917. The Labute approximate surface area is 176 Å². The summed E-state index contributed by atoms with van der Waals surface area (Å²) in [6, 6.07) is 10.2. The number of methoxy groups -OCH3 is 2. The summed E-state index contributed by atoms with van der Waals surface area (Å²) in [4.78, 5) is 1.23. The van der Waals surface area contributed by atoms with Crippen molar-refractivity contribution >= 4 is 12.2 Å². The van der Waals surface area contributed by atoms with Crippen LogP contribution in [0.1, 0.15) is 22.3 Å². The largest absolute Gasteiger partial charge is 0.493 e. The van der Waals surface area contributed by atoms with Crippen LogP contribution in [0.2, 0.25) is 0 Å². The Morgan fingerprint density at radius 2 is 1.62 bits per heavy atom. The molecule has 2 aromatic carbocycles. The predicted molar refractivity (Wildman–Crippen MR) is 115 cm³/mol. The molecule has 7 nitrogen and oxygen atoms in total. The molecule has 0 amide bonds. The first-order chi connectivity index (χ1) is 13.8. The average Bonchev–Trinajstić information content (AvgIpc) is 3.05. The molecule has 0 spiro atoms. The van der Waals surface area contributed by atoms with Crippen LogP contribution in [0, 0.1) is 25.5 Å². The second-order valence-electron chi connectivity index (χ2n) is 7.37. The Balaban J connectivity index is 1.78. The summed E-state index contributed by atoms with van der Waals surface area (Å²) in [7, 11) is 5.40. The van der Waals surface area contributed by atoms with E-state index in [1.165, 1.54) is 21.6 Å². The second kappa shape index (κ2) is 8.75. The minimum Gasteiger partial charge on any atom is -0.493 e. The van der Waals surface area contributed by atoms with E-state index in [-0.39, 0.29) is 0 Å². The van der Waals surface area contributed by atoms with Gasteiger partial charge in [0, 0.05) is 5.56 Å². The standard InChI is InChI=1S/C21H27N5O2S/c1-14-7-8-18(9-15(14)2)26-21(29)25(22-23-26)13-24(4)12-17-11-20(28-6)19(27-5)10-16(17)3/h7-11H,12-13H2,1-6H3/p+1. The molecule has 0 saturated carbocycles. The maximum atomic E-state index is 5.62. The van der Waals surface area contributed by atoms with Crippen LogP contribution in [0.25, 0.3) is 5.69 Å². The summed E-state index contributed by atoms with van der Waals surface area (Å²) in [6.45, 7) is 7.65. The highest BCUT2D eigenvalue weighted by Gasteiger charge is 2.15. The minimum absolute atomic E-state index is 0.580. The van der Waals surface area contributed by atoms with Gasteiger partial charge in [0.1, 0.15) is 6.54 Å². The number of hydrogen-bond acceptors (Lipinski definition) is 5. The summed E-state index contributed by atoms with van der Waals surface area (Å²) in [5, 5.41) is 8.53. The van der Waals surface area contributed by atoms with Gasteiger partial charge in [-0.25, -0.2) is 0 Å². The van der Waals surface area contributed by atoms with Crippen LogP contribution in [0.4, 0.5) is 0 Å². The molecule has 1 N–H and O–H groups in total. The molecule has 0 radical (unpaired) electrons. The third-order valence-electron chi connectivity index (χ3n) is 5.13. The first-order valence-corrected chi connectivity index (χ1v) is 9.88. The van der Waals surface area contributed by atoms with Crippen molar-refractivity contribution in [3.63, 3.8) is 0 Å². The van der Waals surface area contributed by atoms with Crippen molar-refractivity contribution in [2.75, 3.05) is 21.3 Å². The molecule has 3 aromatic rings. The van der Waals surface area contributed by atoms with Gasteiger partial charge in [0.25, 0.3) is 0 Å². The second-order valence-corrected chi connectivity index (χ2v) is 7.73. The third kappa shape index (κ3) is 4.49.